The number of aliphatic hydroxyl groups is 1. The maximum Gasteiger partial charge on any atom is 0.126 e. The number of benzene rings is 1. The summed E-state index contributed by atoms with van der Waals surface area (Å²) in [7, 11) is 0. The lowest BCUT2D eigenvalue weighted by Crippen LogP contribution is -2.34. The quantitative estimate of drug-likeness (QED) is 0.830. The van der Waals surface area contributed by atoms with Crippen molar-refractivity contribution >= 4 is 0 Å². The molecule has 3 unspecified atom stereocenters. The molecule has 0 saturated carbocycles. The molecule has 1 rings (SSSR count). The number of rotatable bonds is 5. The molecule has 3 N–H and O–H groups in total. The molecule has 0 aromatic heterocycles. The number of aryl methyl sites for hydroxylation is 1. The third kappa shape index (κ3) is 3.79. The van der Waals surface area contributed by atoms with Crippen LogP contribution in [0, 0.1) is 12.7 Å². The maximum absolute atomic E-state index is 13.1. The molecule has 0 aliphatic rings. The average molecular weight is 239 g/mol. The molecule has 0 radical (unpaired) electrons. The molecule has 2 nitrogen and oxygen atoms in total. The van der Waals surface area contributed by atoms with Crippen molar-refractivity contribution in [2.75, 3.05) is 0 Å². The van der Waals surface area contributed by atoms with Crippen LogP contribution in [0.2, 0.25) is 0 Å². The molecule has 0 spiro atoms. The standard InChI is InChI=1S/C14H22FNO/c1-4-13(16)14(17)8-9(2)11-5-6-12(15)10(3)7-11/h5-7,9,13-14,17H,4,8,16H2,1-3H3. The number of halogens is 1. The van der Waals surface area contributed by atoms with Crippen molar-refractivity contribution in [3.8, 4) is 0 Å². The van der Waals surface area contributed by atoms with Crippen LogP contribution in [-0.2, 0) is 0 Å². The minimum Gasteiger partial charge on any atom is -0.391 e. The van der Waals surface area contributed by atoms with Crippen molar-refractivity contribution in [3.63, 3.8) is 0 Å². The Kier molecular flexibility index (Phi) is 5.09. The smallest absolute Gasteiger partial charge is 0.126 e. The molecule has 0 aliphatic heterocycles. The van der Waals surface area contributed by atoms with E-state index in [0.717, 1.165) is 12.0 Å². The van der Waals surface area contributed by atoms with Gasteiger partial charge in [-0.15, -0.1) is 0 Å². The zero-order chi connectivity index (χ0) is 13.0. The van der Waals surface area contributed by atoms with Gasteiger partial charge in [0.2, 0.25) is 0 Å². The molecule has 0 saturated heterocycles. The van der Waals surface area contributed by atoms with Gasteiger partial charge in [-0.2, -0.15) is 0 Å². The molecule has 3 heteroatoms. The van der Waals surface area contributed by atoms with Crippen LogP contribution in [0.4, 0.5) is 4.39 Å². The van der Waals surface area contributed by atoms with E-state index in [1.807, 2.05) is 19.9 Å². The van der Waals surface area contributed by atoms with E-state index in [4.69, 9.17) is 5.73 Å². The lowest BCUT2D eigenvalue weighted by Gasteiger charge is -2.21. The second kappa shape index (κ2) is 6.12. The number of hydrogen-bond donors (Lipinski definition) is 2. The first-order valence-electron chi connectivity index (χ1n) is 6.15. The van der Waals surface area contributed by atoms with E-state index < -0.39 is 6.10 Å². The normalized spacial score (nSPS) is 16.6. The highest BCUT2D eigenvalue weighted by molar-refractivity contribution is 5.26. The highest BCUT2D eigenvalue weighted by Crippen LogP contribution is 2.23. The number of hydrogen-bond acceptors (Lipinski definition) is 2. The summed E-state index contributed by atoms with van der Waals surface area (Å²) in [6, 6.07) is 4.91. The molecule has 96 valence electrons. The first kappa shape index (κ1) is 14.1. The van der Waals surface area contributed by atoms with Gasteiger partial charge in [-0.1, -0.05) is 26.0 Å². The summed E-state index contributed by atoms with van der Waals surface area (Å²) >= 11 is 0. The summed E-state index contributed by atoms with van der Waals surface area (Å²) < 4.78 is 13.1. The summed E-state index contributed by atoms with van der Waals surface area (Å²) in [6.07, 6.45) is 0.872. The Hall–Kier alpha value is -0.930. The number of nitrogens with two attached hydrogens (primary N) is 1. The molecule has 0 bridgehead atoms. The first-order valence-corrected chi connectivity index (χ1v) is 6.15. The summed E-state index contributed by atoms with van der Waals surface area (Å²) in [5, 5.41) is 9.87. The van der Waals surface area contributed by atoms with E-state index >= 15 is 0 Å². The summed E-state index contributed by atoms with van der Waals surface area (Å²) in [4.78, 5) is 0. The van der Waals surface area contributed by atoms with E-state index in [9.17, 15) is 9.50 Å². The Labute approximate surface area is 103 Å². The van der Waals surface area contributed by atoms with Crippen molar-refractivity contribution in [2.24, 2.45) is 5.73 Å². The van der Waals surface area contributed by atoms with E-state index in [1.54, 1.807) is 13.0 Å². The van der Waals surface area contributed by atoms with Crippen LogP contribution >= 0.6 is 0 Å². The highest BCUT2D eigenvalue weighted by Gasteiger charge is 2.17. The summed E-state index contributed by atoms with van der Waals surface area (Å²) in [6.45, 7) is 5.73. The molecule has 0 amide bonds. The zero-order valence-electron chi connectivity index (χ0n) is 10.8. The van der Waals surface area contributed by atoms with Crippen LogP contribution in [0.1, 0.15) is 43.7 Å². The van der Waals surface area contributed by atoms with E-state index in [0.29, 0.717) is 12.0 Å². The summed E-state index contributed by atoms with van der Waals surface area (Å²) in [5.41, 5.74) is 7.48. The molecule has 3 atom stereocenters. The lowest BCUT2D eigenvalue weighted by molar-refractivity contribution is 0.126. The summed E-state index contributed by atoms with van der Waals surface area (Å²) in [5.74, 6) is -0.00587. The molecular weight excluding hydrogens is 217 g/mol. The zero-order valence-corrected chi connectivity index (χ0v) is 10.8. The van der Waals surface area contributed by atoms with Gasteiger partial charge < -0.3 is 10.8 Å². The van der Waals surface area contributed by atoms with Gasteiger partial charge in [0.1, 0.15) is 5.82 Å². The third-order valence-corrected chi connectivity index (χ3v) is 3.31. The largest absolute Gasteiger partial charge is 0.391 e. The van der Waals surface area contributed by atoms with Gasteiger partial charge in [0.05, 0.1) is 6.10 Å². The topological polar surface area (TPSA) is 46.2 Å². The van der Waals surface area contributed by atoms with E-state index in [2.05, 4.69) is 0 Å². The fourth-order valence-corrected chi connectivity index (χ4v) is 1.92. The molecule has 0 aliphatic carbocycles. The van der Waals surface area contributed by atoms with Crippen LogP contribution < -0.4 is 5.73 Å². The SMILES string of the molecule is CCC(N)C(O)CC(C)c1ccc(F)c(C)c1. The molecule has 0 fully saturated rings. The molecular formula is C14H22FNO. The Morgan fingerprint density at radius 3 is 2.59 bits per heavy atom. The second-order valence-corrected chi connectivity index (χ2v) is 4.78. The Morgan fingerprint density at radius 2 is 2.06 bits per heavy atom. The van der Waals surface area contributed by atoms with Crippen LogP contribution in [-0.4, -0.2) is 17.3 Å². The fraction of sp³-hybridized carbons (Fsp3) is 0.571. The van der Waals surface area contributed by atoms with E-state index in [-0.39, 0.29) is 17.8 Å². The average Bonchev–Trinajstić information content (AvgIpc) is 2.31. The van der Waals surface area contributed by atoms with Crippen molar-refractivity contribution in [2.45, 2.75) is 51.7 Å². The van der Waals surface area contributed by atoms with Crippen molar-refractivity contribution in [3.05, 3.63) is 35.1 Å². The highest BCUT2D eigenvalue weighted by atomic mass is 19.1. The fourth-order valence-electron chi connectivity index (χ4n) is 1.92. The van der Waals surface area contributed by atoms with Gasteiger partial charge in [0, 0.05) is 6.04 Å². The molecule has 17 heavy (non-hydrogen) atoms. The molecule has 1 aromatic carbocycles. The Balaban J connectivity index is 2.69. The predicted molar refractivity (Wildman–Crippen MR) is 68.4 cm³/mol. The van der Waals surface area contributed by atoms with Crippen molar-refractivity contribution in [1.82, 2.24) is 0 Å². The monoisotopic (exact) mass is 239 g/mol. The maximum atomic E-state index is 13.1. The third-order valence-electron chi connectivity index (χ3n) is 3.31. The predicted octanol–water partition coefficient (Wildman–Crippen LogP) is 2.73. The van der Waals surface area contributed by atoms with Crippen LogP contribution in [0.25, 0.3) is 0 Å². The van der Waals surface area contributed by atoms with Crippen LogP contribution in [0.15, 0.2) is 18.2 Å². The Bertz CT molecular complexity index is 367. The van der Waals surface area contributed by atoms with Gasteiger partial charge in [-0.25, -0.2) is 4.39 Å². The van der Waals surface area contributed by atoms with E-state index in [1.165, 1.54) is 6.07 Å². The number of aliphatic hydroxyl groups excluding tert-OH is 1. The second-order valence-electron chi connectivity index (χ2n) is 4.78. The van der Waals surface area contributed by atoms with Gasteiger partial charge >= 0.3 is 0 Å². The van der Waals surface area contributed by atoms with Gasteiger partial charge in [-0.05, 0) is 42.9 Å². The first-order chi connectivity index (χ1) is 7.95. The van der Waals surface area contributed by atoms with Gasteiger partial charge in [0.15, 0.2) is 0 Å². The van der Waals surface area contributed by atoms with Crippen LogP contribution in [0.3, 0.4) is 0 Å². The van der Waals surface area contributed by atoms with Gasteiger partial charge in [-0.3, -0.25) is 0 Å². The minimum absolute atomic E-state index is 0.181. The van der Waals surface area contributed by atoms with Crippen molar-refractivity contribution in [1.29, 1.82) is 0 Å². The Morgan fingerprint density at radius 1 is 1.41 bits per heavy atom. The minimum atomic E-state index is -0.500. The lowest BCUT2D eigenvalue weighted by atomic mass is 9.91. The molecule has 0 heterocycles. The molecule has 1 aromatic rings. The van der Waals surface area contributed by atoms with Crippen LogP contribution in [0.5, 0.6) is 0 Å². The van der Waals surface area contributed by atoms with Gasteiger partial charge in [0.25, 0.3) is 0 Å². The van der Waals surface area contributed by atoms with Crippen molar-refractivity contribution < 1.29 is 9.50 Å².